The van der Waals surface area contributed by atoms with E-state index in [9.17, 15) is 0 Å². The van der Waals surface area contributed by atoms with E-state index in [4.69, 9.17) is 5.73 Å². The maximum absolute atomic E-state index is 6.00. The Morgan fingerprint density at radius 3 is 1.54 bits per heavy atom. The first-order valence-electron chi connectivity index (χ1n) is 4.40. The fourth-order valence-corrected chi connectivity index (χ4v) is 2.53. The highest BCUT2D eigenvalue weighted by Crippen LogP contribution is 2.33. The molecule has 0 radical (unpaired) electrons. The van der Waals surface area contributed by atoms with Crippen LogP contribution in [0.25, 0.3) is 0 Å². The average molecular weight is 195 g/mol. The standard InChI is InChI=1S/C11H17NS/c1-6-8(3)11(13-5)9(4)7(2)10(6)12/h12H2,1-5H3. The molecular weight excluding hydrogens is 178 g/mol. The molecule has 2 heteroatoms. The van der Waals surface area contributed by atoms with Crippen molar-refractivity contribution in [2.24, 2.45) is 0 Å². The summed E-state index contributed by atoms with van der Waals surface area (Å²) in [6.45, 7) is 8.47. The molecule has 0 bridgehead atoms. The Labute approximate surface area is 84.7 Å². The smallest absolute Gasteiger partial charge is 0.0379 e. The van der Waals surface area contributed by atoms with Crippen molar-refractivity contribution in [2.45, 2.75) is 32.6 Å². The molecule has 0 fully saturated rings. The molecule has 1 rings (SSSR count). The van der Waals surface area contributed by atoms with Gasteiger partial charge in [-0.2, -0.15) is 0 Å². The van der Waals surface area contributed by atoms with Crippen LogP contribution in [0.3, 0.4) is 0 Å². The minimum Gasteiger partial charge on any atom is -0.398 e. The van der Waals surface area contributed by atoms with E-state index in [0.29, 0.717) is 0 Å². The zero-order chi connectivity index (χ0) is 10.2. The van der Waals surface area contributed by atoms with Crippen LogP contribution in [-0.4, -0.2) is 6.26 Å². The summed E-state index contributed by atoms with van der Waals surface area (Å²) in [7, 11) is 0. The predicted molar refractivity (Wildman–Crippen MR) is 61.6 cm³/mol. The van der Waals surface area contributed by atoms with Gasteiger partial charge >= 0.3 is 0 Å². The fourth-order valence-electron chi connectivity index (χ4n) is 1.61. The number of hydrogen-bond donors (Lipinski definition) is 1. The maximum atomic E-state index is 6.00. The molecule has 0 aliphatic rings. The quantitative estimate of drug-likeness (QED) is 0.550. The van der Waals surface area contributed by atoms with Gasteiger partial charge in [0.2, 0.25) is 0 Å². The number of rotatable bonds is 1. The first-order valence-corrected chi connectivity index (χ1v) is 5.63. The highest BCUT2D eigenvalue weighted by Gasteiger charge is 2.11. The molecule has 0 saturated heterocycles. The van der Waals surface area contributed by atoms with E-state index < -0.39 is 0 Å². The zero-order valence-corrected chi connectivity index (χ0v) is 9.80. The largest absolute Gasteiger partial charge is 0.398 e. The molecule has 2 N–H and O–H groups in total. The number of thioether (sulfide) groups is 1. The Balaban J connectivity index is 3.56. The zero-order valence-electron chi connectivity index (χ0n) is 8.99. The van der Waals surface area contributed by atoms with Gasteiger partial charge in [-0.25, -0.2) is 0 Å². The van der Waals surface area contributed by atoms with Gasteiger partial charge in [0.25, 0.3) is 0 Å². The van der Waals surface area contributed by atoms with Gasteiger partial charge in [0.1, 0.15) is 0 Å². The van der Waals surface area contributed by atoms with E-state index in [2.05, 4.69) is 34.0 Å². The summed E-state index contributed by atoms with van der Waals surface area (Å²) < 4.78 is 0. The van der Waals surface area contributed by atoms with Gasteiger partial charge in [-0.05, 0) is 56.2 Å². The van der Waals surface area contributed by atoms with Crippen molar-refractivity contribution in [1.82, 2.24) is 0 Å². The lowest BCUT2D eigenvalue weighted by molar-refractivity contribution is 1.14. The van der Waals surface area contributed by atoms with Crippen LogP contribution >= 0.6 is 11.8 Å². The Bertz CT molecular complexity index is 313. The molecule has 0 saturated carbocycles. The van der Waals surface area contributed by atoms with E-state index in [1.54, 1.807) is 11.8 Å². The minimum atomic E-state index is 0.952. The van der Waals surface area contributed by atoms with Crippen LogP contribution in [0.5, 0.6) is 0 Å². The molecule has 0 spiro atoms. The van der Waals surface area contributed by atoms with Crippen molar-refractivity contribution in [3.05, 3.63) is 22.3 Å². The number of benzene rings is 1. The van der Waals surface area contributed by atoms with E-state index in [1.807, 2.05) is 0 Å². The summed E-state index contributed by atoms with van der Waals surface area (Å²) in [4.78, 5) is 1.38. The second-order valence-electron chi connectivity index (χ2n) is 3.45. The molecule has 1 aromatic carbocycles. The van der Waals surface area contributed by atoms with Gasteiger partial charge in [-0.3, -0.25) is 0 Å². The van der Waals surface area contributed by atoms with Gasteiger partial charge in [-0.1, -0.05) is 0 Å². The number of anilines is 1. The topological polar surface area (TPSA) is 26.0 Å². The van der Waals surface area contributed by atoms with Crippen molar-refractivity contribution in [3.63, 3.8) is 0 Å². The van der Waals surface area contributed by atoms with Crippen molar-refractivity contribution < 1.29 is 0 Å². The first-order chi connectivity index (χ1) is 6.00. The van der Waals surface area contributed by atoms with Gasteiger partial charge in [0, 0.05) is 10.6 Å². The summed E-state index contributed by atoms with van der Waals surface area (Å²) in [6, 6.07) is 0. The SMILES string of the molecule is CSc1c(C)c(C)c(N)c(C)c1C. The lowest BCUT2D eigenvalue weighted by Crippen LogP contribution is -2.01. The maximum Gasteiger partial charge on any atom is 0.0379 e. The van der Waals surface area contributed by atoms with Gasteiger partial charge < -0.3 is 5.73 Å². The highest BCUT2D eigenvalue weighted by atomic mass is 32.2. The van der Waals surface area contributed by atoms with Crippen LogP contribution in [-0.2, 0) is 0 Å². The molecule has 1 nitrogen and oxygen atoms in total. The monoisotopic (exact) mass is 195 g/mol. The van der Waals surface area contributed by atoms with Crippen LogP contribution < -0.4 is 5.73 Å². The van der Waals surface area contributed by atoms with Gasteiger partial charge in [0.05, 0.1) is 0 Å². The van der Waals surface area contributed by atoms with E-state index in [1.165, 1.54) is 27.1 Å². The van der Waals surface area contributed by atoms with Crippen molar-refractivity contribution >= 4 is 17.4 Å². The normalized spacial score (nSPS) is 10.5. The third-order valence-corrected chi connectivity index (χ3v) is 3.84. The van der Waals surface area contributed by atoms with E-state index >= 15 is 0 Å². The van der Waals surface area contributed by atoms with Crippen molar-refractivity contribution in [3.8, 4) is 0 Å². The molecule has 1 aromatic rings. The number of nitrogen functional groups attached to an aromatic ring is 1. The summed E-state index contributed by atoms with van der Waals surface area (Å²) in [5, 5.41) is 0. The highest BCUT2D eigenvalue weighted by molar-refractivity contribution is 7.98. The summed E-state index contributed by atoms with van der Waals surface area (Å²) >= 11 is 1.80. The molecule has 0 amide bonds. The molecule has 0 aliphatic heterocycles. The first kappa shape index (κ1) is 10.5. The summed E-state index contributed by atoms with van der Waals surface area (Å²) in [5.41, 5.74) is 12.1. The Morgan fingerprint density at radius 1 is 0.846 bits per heavy atom. The molecule has 0 aliphatic carbocycles. The van der Waals surface area contributed by atoms with E-state index in [-0.39, 0.29) is 0 Å². The molecule has 0 unspecified atom stereocenters. The summed E-state index contributed by atoms with van der Waals surface area (Å²) in [6.07, 6.45) is 2.12. The molecule has 0 aromatic heterocycles. The van der Waals surface area contributed by atoms with Crippen LogP contribution in [0.15, 0.2) is 4.90 Å². The predicted octanol–water partition coefficient (Wildman–Crippen LogP) is 3.22. The average Bonchev–Trinajstić information content (AvgIpc) is 2.13. The molecule has 72 valence electrons. The second-order valence-corrected chi connectivity index (χ2v) is 4.26. The third-order valence-electron chi connectivity index (χ3n) is 2.82. The molecular formula is C11H17NS. The van der Waals surface area contributed by atoms with Crippen LogP contribution in [0, 0.1) is 27.7 Å². The second kappa shape index (κ2) is 3.62. The Morgan fingerprint density at radius 2 is 1.23 bits per heavy atom. The molecule has 13 heavy (non-hydrogen) atoms. The summed E-state index contributed by atoms with van der Waals surface area (Å²) in [5.74, 6) is 0. The number of hydrogen-bond acceptors (Lipinski definition) is 2. The van der Waals surface area contributed by atoms with Gasteiger partial charge in [-0.15, -0.1) is 11.8 Å². The van der Waals surface area contributed by atoms with Crippen LogP contribution in [0.1, 0.15) is 22.3 Å². The van der Waals surface area contributed by atoms with Crippen molar-refractivity contribution in [1.29, 1.82) is 0 Å². The Kier molecular flexibility index (Phi) is 2.91. The van der Waals surface area contributed by atoms with Crippen molar-refractivity contribution in [2.75, 3.05) is 12.0 Å². The minimum absolute atomic E-state index is 0.952. The molecule has 0 heterocycles. The fraction of sp³-hybridized carbons (Fsp3) is 0.455. The number of nitrogens with two attached hydrogens (primary N) is 1. The van der Waals surface area contributed by atoms with Gasteiger partial charge in [0.15, 0.2) is 0 Å². The lowest BCUT2D eigenvalue weighted by atomic mass is 9.99. The Hall–Kier alpha value is -0.630. The van der Waals surface area contributed by atoms with Crippen LogP contribution in [0.2, 0.25) is 0 Å². The lowest BCUT2D eigenvalue weighted by Gasteiger charge is -2.16. The van der Waals surface area contributed by atoms with E-state index in [0.717, 1.165) is 5.69 Å². The third kappa shape index (κ3) is 1.55. The molecule has 0 atom stereocenters. The van der Waals surface area contributed by atoms with Crippen LogP contribution in [0.4, 0.5) is 5.69 Å².